The van der Waals surface area contributed by atoms with Gasteiger partial charge < -0.3 is 9.67 Å². The number of aliphatic hydroxyl groups excluding tert-OH is 1. The van der Waals surface area contributed by atoms with E-state index in [-0.39, 0.29) is 6.61 Å². The van der Waals surface area contributed by atoms with E-state index in [1.165, 1.54) is 6.07 Å². The highest BCUT2D eigenvalue weighted by molar-refractivity contribution is 7.09. The predicted molar refractivity (Wildman–Crippen MR) is 78.5 cm³/mol. The number of aliphatic hydroxyl groups is 1. The number of thiophene rings is 1. The lowest BCUT2D eigenvalue weighted by atomic mass is 10.3. The third kappa shape index (κ3) is 2.82. The van der Waals surface area contributed by atoms with E-state index in [1.807, 2.05) is 22.1 Å². The molecule has 0 aliphatic rings. The third-order valence-electron chi connectivity index (χ3n) is 3.32. The van der Waals surface area contributed by atoms with E-state index in [1.54, 1.807) is 11.3 Å². The monoisotopic (exact) mass is 308 g/mol. The molecule has 3 rings (SSSR count). The molecule has 0 spiro atoms. The Balaban J connectivity index is 2.08. The number of nitrogens with zero attached hydrogens (tertiary/aromatic N) is 2. The summed E-state index contributed by atoms with van der Waals surface area (Å²) in [6.45, 7) is 0.570. The van der Waals surface area contributed by atoms with Gasteiger partial charge in [-0.1, -0.05) is 6.07 Å². The molecule has 0 radical (unpaired) electrons. The lowest BCUT2D eigenvalue weighted by molar-refractivity contribution is 0.280. The second kappa shape index (κ2) is 5.91. The van der Waals surface area contributed by atoms with Crippen molar-refractivity contribution in [3.8, 4) is 0 Å². The maximum absolute atomic E-state index is 13.5. The van der Waals surface area contributed by atoms with Crippen LogP contribution in [-0.2, 0) is 13.0 Å². The molecule has 0 aliphatic heterocycles. The van der Waals surface area contributed by atoms with Gasteiger partial charge in [-0.2, -0.15) is 0 Å². The zero-order valence-electron chi connectivity index (χ0n) is 11.2. The number of fused-ring (bicyclic) bond motifs is 1. The summed E-state index contributed by atoms with van der Waals surface area (Å²) in [5, 5.41) is 11.0. The second-order valence-corrected chi connectivity index (χ2v) is 5.80. The number of halogens is 2. The van der Waals surface area contributed by atoms with Crippen molar-refractivity contribution < 1.29 is 13.9 Å². The molecule has 2 aromatic heterocycles. The molecule has 1 aromatic carbocycles. The Labute approximate surface area is 124 Å². The van der Waals surface area contributed by atoms with E-state index in [0.29, 0.717) is 30.4 Å². The van der Waals surface area contributed by atoms with Crippen LogP contribution in [0.1, 0.15) is 17.1 Å². The van der Waals surface area contributed by atoms with Crippen molar-refractivity contribution in [2.24, 2.45) is 0 Å². The summed E-state index contributed by atoms with van der Waals surface area (Å²) < 4.78 is 28.7. The first-order valence-corrected chi connectivity index (χ1v) is 7.54. The molecule has 6 heteroatoms. The molecule has 0 fully saturated rings. The molecule has 3 aromatic rings. The van der Waals surface area contributed by atoms with Crippen LogP contribution >= 0.6 is 11.3 Å². The molecule has 21 heavy (non-hydrogen) atoms. The molecule has 2 heterocycles. The van der Waals surface area contributed by atoms with Crippen LogP contribution in [0.25, 0.3) is 11.0 Å². The van der Waals surface area contributed by atoms with Crippen LogP contribution in [0.5, 0.6) is 0 Å². The van der Waals surface area contributed by atoms with E-state index in [4.69, 9.17) is 5.11 Å². The van der Waals surface area contributed by atoms with Crippen LogP contribution in [-0.4, -0.2) is 21.3 Å². The highest BCUT2D eigenvalue weighted by Gasteiger charge is 2.14. The minimum Gasteiger partial charge on any atom is -0.396 e. The predicted octanol–water partition coefficient (Wildman–Crippen LogP) is 3.35. The van der Waals surface area contributed by atoms with Crippen molar-refractivity contribution in [3.63, 3.8) is 0 Å². The summed E-state index contributed by atoms with van der Waals surface area (Å²) in [5.41, 5.74) is 1.01. The lowest BCUT2D eigenvalue weighted by Crippen LogP contribution is -2.06. The Hall–Kier alpha value is -1.79. The summed E-state index contributed by atoms with van der Waals surface area (Å²) >= 11 is 1.62. The maximum atomic E-state index is 13.5. The standard InChI is InChI=1S/C15H14F2N2OS/c16-11-8-13-14(9-12(11)17)19(4-2-5-20)15(18-13)7-10-3-1-6-21-10/h1,3,6,8-9,20H,2,4-5,7H2. The van der Waals surface area contributed by atoms with Gasteiger partial charge in [0, 0.05) is 36.6 Å². The smallest absolute Gasteiger partial charge is 0.161 e. The van der Waals surface area contributed by atoms with Crippen molar-refractivity contribution in [1.29, 1.82) is 0 Å². The lowest BCUT2D eigenvalue weighted by Gasteiger charge is -2.07. The van der Waals surface area contributed by atoms with Gasteiger partial charge in [-0.25, -0.2) is 13.8 Å². The van der Waals surface area contributed by atoms with Crippen molar-refractivity contribution >= 4 is 22.4 Å². The van der Waals surface area contributed by atoms with Crippen molar-refractivity contribution in [3.05, 3.63) is 52.0 Å². The number of hydrogen-bond donors (Lipinski definition) is 1. The average Bonchev–Trinajstić information content (AvgIpc) is 3.06. The van der Waals surface area contributed by atoms with Crippen molar-refractivity contribution in [1.82, 2.24) is 9.55 Å². The summed E-state index contributed by atoms with van der Waals surface area (Å²) in [4.78, 5) is 5.56. The van der Waals surface area contributed by atoms with Gasteiger partial charge >= 0.3 is 0 Å². The number of aromatic nitrogens is 2. The Morgan fingerprint density at radius 2 is 2.05 bits per heavy atom. The van der Waals surface area contributed by atoms with Gasteiger partial charge in [-0.05, 0) is 17.9 Å². The van der Waals surface area contributed by atoms with E-state index in [9.17, 15) is 8.78 Å². The van der Waals surface area contributed by atoms with Gasteiger partial charge in [-0.3, -0.25) is 0 Å². The van der Waals surface area contributed by atoms with E-state index in [2.05, 4.69) is 4.98 Å². The Kier molecular flexibility index (Phi) is 3.98. The van der Waals surface area contributed by atoms with Gasteiger partial charge in [-0.15, -0.1) is 11.3 Å². The van der Waals surface area contributed by atoms with Crippen LogP contribution in [0.15, 0.2) is 29.6 Å². The highest BCUT2D eigenvalue weighted by atomic mass is 32.1. The zero-order chi connectivity index (χ0) is 14.8. The highest BCUT2D eigenvalue weighted by Crippen LogP contribution is 2.23. The van der Waals surface area contributed by atoms with Gasteiger partial charge in [0.25, 0.3) is 0 Å². The van der Waals surface area contributed by atoms with Gasteiger partial charge in [0.15, 0.2) is 11.6 Å². The zero-order valence-corrected chi connectivity index (χ0v) is 12.0. The molecule has 0 atom stereocenters. The minimum atomic E-state index is -0.892. The fraction of sp³-hybridized carbons (Fsp3) is 0.267. The first kappa shape index (κ1) is 14.2. The average molecular weight is 308 g/mol. The van der Waals surface area contributed by atoms with Crippen LogP contribution in [0.2, 0.25) is 0 Å². The Bertz CT molecular complexity index is 753. The van der Waals surface area contributed by atoms with Crippen LogP contribution in [0.4, 0.5) is 8.78 Å². The Morgan fingerprint density at radius 1 is 1.24 bits per heavy atom. The number of imidazole rings is 1. The largest absolute Gasteiger partial charge is 0.396 e. The molecule has 1 N–H and O–H groups in total. The van der Waals surface area contributed by atoms with E-state index < -0.39 is 11.6 Å². The van der Waals surface area contributed by atoms with E-state index >= 15 is 0 Å². The molecule has 0 unspecified atom stereocenters. The van der Waals surface area contributed by atoms with E-state index in [0.717, 1.165) is 16.8 Å². The molecule has 0 bridgehead atoms. The first-order valence-electron chi connectivity index (χ1n) is 6.66. The Morgan fingerprint density at radius 3 is 2.76 bits per heavy atom. The molecule has 110 valence electrons. The van der Waals surface area contributed by atoms with Crippen LogP contribution < -0.4 is 0 Å². The topological polar surface area (TPSA) is 38.0 Å². The molecular weight excluding hydrogens is 294 g/mol. The van der Waals surface area contributed by atoms with Gasteiger partial charge in [0.1, 0.15) is 5.82 Å². The van der Waals surface area contributed by atoms with Crippen LogP contribution in [0, 0.1) is 11.6 Å². The summed E-state index contributed by atoms with van der Waals surface area (Å²) in [7, 11) is 0. The second-order valence-electron chi connectivity index (χ2n) is 4.77. The minimum absolute atomic E-state index is 0.0434. The van der Waals surface area contributed by atoms with Crippen molar-refractivity contribution in [2.45, 2.75) is 19.4 Å². The molecular formula is C15H14F2N2OS. The SMILES string of the molecule is OCCCn1c(Cc2cccs2)nc2cc(F)c(F)cc21. The molecule has 0 amide bonds. The fourth-order valence-corrected chi connectivity index (χ4v) is 3.05. The number of rotatable bonds is 5. The number of benzene rings is 1. The van der Waals surface area contributed by atoms with Gasteiger partial charge in [0.05, 0.1) is 11.0 Å². The third-order valence-corrected chi connectivity index (χ3v) is 4.20. The number of aryl methyl sites for hydroxylation is 1. The fourth-order valence-electron chi connectivity index (χ4n) is 2.35. The van der Waals surface area contributed by atoms with Crippen LogP contribution in [0.3, 0.4) is 0 Å². The number of hydrogen-bond acceptors (Lipinski definition) is 3. The van der Waals surface area contributed by atoms with Crippen molar-refractivity contribution in [2.75, 3.05) is 6.61 Å². The molecule has 0 saturated carbocycles. The molecule has 0 saturated heterocycles. The maximum Gasteiger partial charge on any atom is 0.161 e. The summed E-state index contributed by atoms with van der Waals surface area (Å²) in [6, 6.07) is 6.26. The first-order chi connectivity index (χ1) is 10.2. The quantitative estimate of drug-likeness (QED) is 0.785. The summed E-state index contributed by atoms with van der Waals surface area (Å²) in [6.07, 6.45) is 1.16. The normalized spacial score (nSPS) is 11.4. The molecule has 0 aliphatic carbocycles. The molecule has 3 nitrogen and oxygen atoms in total. The van der Waals surface area contributed by atoms with Gasteiger partial charge in [0.2, 0.25) is 0 Å². The summed E-state index contributed by atoms with van der Waals surface area (Å²) in [5.74, 6) is -1.02.